The van der Waals surface area contributed by atoms with Crippen LogP contribution in [0.2, 0.25) is 0 Å². The molecule has 1 heterocycles. The fourth-order valence-electron chi connectivity index (χ4n) is 3.06. The van der Waals surface area contributed by atoms with Gasteiger partial charge in [0, 0.05) is 6.54 Å². The maximum absolute atomic E-state index is 12.2. The topological polar surface area (TPSA) is 110 Å². The molecule has 1 atom stereocenters. The Labute approximate surface area is 122 Å². The first-order valence-electron chi connectivity index (χ1n) is 7.56. The van der Waals surface area contributed by atoms with E-state index in [1.807, 2.05) is 6.92 Å². The number of hydrogen-bond acceptors (Lipinski definition) is 5. The third-order valence-corrected chi connectivity index (χ3v) is 4.22. The molecule has 1 aromatic heterocycles. The first-order valence-corrected chi connectivity index (χ1v) is 7.56. The molecule has 0 radical (unpaired) electrons. The van der Waals surface area contributed by atoms with Crippen molar-refractivity contribution < 1.29 is 0 Å². The highest BCUT2D eigenvalue weighted by atomic mass is 16.3. The molecule has 1 aromatic rings. The minimum atomic E-state index is -0.642. The van der Waals surface area contributed by atoms with Gasteiger partial charge in [0.25, 0.3) is 5.56 Å². The molecule has 1 unspecified atom stereocenters. The van der Waals surface area contributed by atoms with E-state index < -0.39 is 17.3 Å². The Morgan fingerprint density at radius 1 is 1.33 bits per heavy atom. The van der Waals surface area contributed by atoms with Gasteiger partial charge in [-0.15, -0.1) is 4.91 Å². The summed E-state index contributed by atoms with van der Waals surface area (Å²) in [4.78, 5) is 37.9. The predicted octanol–water partition coefficient (Wildman–Crippen LogP) is 1.92. The van der Waals surface area contributed by atoms with Crippen molar-refractivity contribution in [1.82, 2.24) is 9.55 Å². The molecule has 1 fully saturated rings. The number of aromatic nitrogens is 2. The van der Waals surface area contributed by atoms with E-state index in [4.69, 9.17) is 5.73 Å². The van der Waals surface area contributed by atoms with Gasteiger partial charge in [-0.25, -0.2) is 4.79 Å². The van der Waals surface area contributed by atoms with Crippen LogP contribution in [0.25, 0.3) is 0 Å². The van der Waals surface area contributed by atoms with Crippen molar-refractivity contribution in [2.75, 3.05) is 0 Å². The molecule has 116 valence electrons. The zero-order valence-corrected chi connectivity index (χ0v) is 12.3. The molecule has 21 heavy (non-hydrogen) atoms. The predicted molar refractivity (Wildman–Crippen MR) is 80.6 cm³/mol. The number of aromatic amines is 1. The Kier molecular flexibility index (Phi) is 5.06. The number of nitroso groups, excluding NO2 is 1. The summed E-state index contributed by atoms with van der Waals surface area (Å²) < 4.78 is 1.01. The molecule has 7 nitrogen and oxygen atoms in total. The summed E-state index contributed by atoms with van der Waals surface area (Å²) in [5.74, 6) is 0.177. The van der Waals surface area contributed by atoms with E-state index in [1.54, 1.807) is 0 Å². The molecule has 0 aliphatic heterocycles. The van der Waals surface area contributed by atoms with Crippen LogP contribution < -0.4 is 17.0 Å². The van der Waals surface area contributed by atoms with Crippen molar-refractivity contribution in [3.63, 3.8) is 0 Å². The van der Waals surface area contributed by atoms with Gasteiger partial charge in [0.2, 0.25) is 0 Å². The summed E-state index contributed by atoms with van der Waals surface area (Å²) in [6.45, 7) is 2.11. The number of nitrogens with two attached hydrogens (primary N) is 1. The van der Waals surface area contributed by atoms with Crippen molar-refractivity contribution in [3.8, 4) is 0 Å². The Bertz CT molecular complexity index is 614. The fraction of sp³-hybridized carbons (Fsp3) is 0.714. The molecule has 1 aliphatic rings. The lowest BCUT2D eigenvalue weighted by Crippen LogP contribution is -2.38. The average Bonchev–Trinajstić information content (AvgIpc) is 2.51. The summed E-state index contributed by atoms with van der Waals surface area (Å²) in [6.07, 6.45) is 5.85. The summed E-state index contributed by atoms with van der Waals surface area (Å²) in [7, 11) is 0. The molecule has 7 heteroatoms. The van der Waals surface area contributed by atoms with Gasteiger partial charge in [0.1, 0.15) is 0 Å². The first kappa shape index (κ1) is 15.6. The molecule has 0 aromatic carbocycles. The van der Waals surface area contributed by atoms with Gasteiger partial charge in [-0.2, -0.15) is 0 Å². The third-order valence-electron chi connectivity index (χ3n) is 4.22. The highest BCUT2D eigenvalue weighted by molar-refractivity contribution is 5.41. The molecule has 3 N–H and O–H groups in total. The third kappa shape index (κ3) is 3.12. The van der Waals surface area contributed by atoms with Gasteiger partial charge in [-0.3, -0.25) is 9.36 Å². The lowest BCUT2D eigenvalue weighted by Gasteiger charge is -2.27. The average molecular weight is 294 g/mol. The summed E-state index contributed by atoms with van der Waals surface area (Å²) in [5.41, 5.74) is 4.98. The van der Waals surface area contributed by atoms with Crippen LogP contribution in [-0.2, 0) is 6.54 Å². The van der Waals surface area contributed by atoms with E-state index in [0.29, 0.717) is 6.42 Å². The Hall–Kier alpha value is -1.76. The van der Waals surface area contributed by atoms with Crippen molar-refractivity contribution in [3.05, 3.63) is 31.4 Å². The van der Waals surface area contributed by atoms with Crippen molar-refractivity contribution >= 4 is 5.69 Å². The monoisotopic (exact) mass is 294 g/mol. The quantitative estimate of drug-likeness (QED) is 0.808. The molecule has 0 saturated heterocycles. The Morgan fingerprint density at radius 2 is 2.00 bits per heavy atom. The zero-order chi connectivity index (χ0) is 15.4. The van der Waals surface area contributed by atoms with Crippen LogP contribution in [0.5, 0.6) is 0 Å². The molecule has 0 bridgehead atoms. The molecular weight excluding hydrogens is 272 g/mol. The standard InChI is InChI=1S/C14H22N4O3/c1-2-8-18-13(19)12(17-21)11(16-14(18)20)10(15)9-6-4-3-5-7-9/h9-10H,2-8,15H2,1H3,(H,16,20). The van der Waals surface area contributed by atoms with Crippen LogP contribution in [0, 0.1) is 10.8 Å². The second-order valence-electron chi connectivity index (χ2n) is 5.66. The number of nitrogens with zero attached hydrogens (tertiary/aromatic N) is 2. The van der Waals surface area contributed by atoms with Crippen LogP contribution in [0.1, 0.15) is 57.2 Å². The highest BCUT2D eigenvalue weighted by Gasteiger charge is 2.27. The van der Waals surface area contributed by atoms with E-state index in [1.165, 1.54) is 6.42 Å². The Balaban J connectivity index is 2.45. The summed E-state index contributed by atoms with van der Waals surface area (Å²) in [5, 5.41) is 2.84. The maximum atomic E-state index is 12.2. The van der Waals surface area contributed by atoms with Crippen molar-refractivity contribution in [2.45, 2.75) is 58.0 Å². The Morgan fingerprint density at radius 3 is 2.57 bits per heavy atom. The van der Waals surface area contributed by atoms with E-state index in [-0.39, 0.29) is 23.8 Å². The van der Waals surface area contributed by atoms with Crippen LogP contribution >= 0.6 is 0 Å². The number of nitrogens with one attached hydrogen (secondary N) is 1. The van der Waals surface area contributed by atoms with E-state index in [9.17, 15) is 14.5 Å². The lowest BCUT2D eigenvalue weighted by atomic mass is 9.83. The van der Waals surface area contributed by atoms with Gasteiger partial charge >= 0.3 is 5.69 Å². The lowest BCUT2D eigenvalue weighted by molar-refractivity contribution is 0.304. The van der Waals surface area contributed by atoms with E-state index >= 15 is 0 Å². The van der Waals surface area contributed by atoms with Crippen molar-refractivity contribution in [1.29, 1.82) is 0 Å². The van der Waals surface area contributed by atoms with E-state index in [0.717, 1.165) is 30.3 Å². The molecule has 1 aliphatic carbocycles. The van der Waals surface area contributed by atoms with Crippen LogP contribution in [0.3, 0.4) is 0 Å². The molecule has 0 amide bonds. The minimum absolute atomic E-state index is 0.177. The number of hydrogen-bond donors (Lipinski definition) is 2. The largest absolute Gasteiger partial charge is 0.328 e. The molecule has 0 spiro atoms. The number of rotatable bonds is 5. The van der Waals surface area contributed by atoms with Gasteiger partial charge in [-0.1, -0.05) is 26.2 Å². The van der Waals surface area contributed by atoms with Crippen LogP contribution in [0.4, 0.5) is 5.69 Å². The zero-order valence-electron chi connectivity index (χ0n) is 12.3. The van der Waals surface area contributed by atoms with Crippen LogP contribution in [0.15, 0.2) is 14.8 Å². The van der Waals surface area contributed by atoms with Gasteiger partial charge < -0.3 is 10.7 Å². The highest BCUT2D eigenvalue weighted by Crippen LogP contribution is 2.34. The SMILES string of the molecule is CCCn1c(=O)[nH]c(C(N)C2CCCCC2)c(N=O)c1=O. The number of H-pyrrole nitrogens is 1. The smallest absolute Gasteiger partial charge is 0.322 e. The van der Waals surface area contributed by atoms with Gasteiger partial charge in [0.05, 0.1) is 11.7 Å². The van der Waals surface area contributed by atoms with Crippen molar-refractivity contribution in [2.24, 2.45) is 16.8 Å². The molecular formula is C14H22N4O3. The minimum Gasteiger partial charge on any atom is -0.322 e. The van der Waals surface area contributed by atoms with Gasteiger partial charge in [0.15, 0.2) is 5.69 Å². The normalized spacial score (nSPS) is 17.6. The first-order chi connectivity index (χ1) is 10.1. The van der Waals surface area contributed by atoms with Gasteiger partial charge in [-0.05, 0) is 30.4 Å². The molecule has 2 rings (SSSR count). The second-order valence-corrected chi connectivity index (χ2v) is 5.66. The summed E-state index contributed by atoms with van der Waals surface area (Å²) in [6, 6.07) is -0.519. The van der Waals surface area contributed by atoms with E-state index in [2.05, 4.69) is 10.2 Å². The molecule has 1 saturated carbocycles. The maximum Gasteiger partial charge on any atom is 0.328 e. The summed E-state index contributed by atoms with van der Waals surface area (Å²) >= 11 is 0. The fourth-order valence-corrected chi connectivity index (χ4v) is 3.06. The van der Waals surface area contributed by atoms with Crippen LogP contribution in [-0.4, -0.2) is 9.55 Å². The second kappa shape index (κ2) is 6.80.